The van der Waals surface area contributed by atoms with Gasteiger partial charge in [-0.3, -0.25) is 9.59 Å². The summed E-state index contributed by atoms with van der Waals surface area (Å²) in [7, 11) is 0. The number of rotatable bonds is 4. The molecule has 5 heteroatoms. The van der Waals surface area contributed by atoms with Crippen LogP contribution in [0.3, 0.4) is 0 Å². The van der Waals surface area contributed by atoms with Crippen molar-refractivity contribution in [2.75, 3.05) is 12.3 Å². The summed E-state index contributed by atoms with van der Waals surface area (Å²) in [5.41, 5.74) is 10.9. The minimum atomic E-state index is -0.779. The highest BCUT2D eigenvalue weighted by Gasteiger charge is 2.25. The molecule has 0 atom stereocenters. The Bertz CT molecular complexity index is 441. The van der Waals surface area contributed by atoms with Crippen LogP contribution in [0.2, 0.25) is 0 Å². The summed E-state index contributed by atoms with van der Waals surface area (Å²) in [5.74, 6) is -0.767. The first kappa shape index (κ1) is 13.0. The third-order valence-corrected chi connectivity index (χ3v) is 2.56. The van der Waals surface area contributed by atoms with Crippen LogP contribution in [0.15, 0.2) is 24.3 Å². The number of primary amides is 1. The maximum Gasteiger partial charge on any atom is 0.253 e. The van der Waals surface area contributed by atoms with Crippen molar-refractivity contribution in [1.82, 2.24) is 5.32 Å². The molecule has 0 aliphatic rings. The molecule has 0 aliphatic carbocycles. The number of anilines is 1. The zero-order valence-electron chi connectivity index (χ0n) is 9.99. The Morgan fingerprint density at radius 2 is 1.88 bits per heavy atom. The predicted molar refractivity (Wildman–Crippen MR) is 66.2 cm³/mol. The average Bonchev–Trinajstić information content (AvgIpc) is 2.26. The Labute approximate surface area is 100 Å². The van der Waals surface area contributed by atoms with Crippen molar-refractivity contribution in [1.29, 1.82) is 0 Å². The van der Waals surface area contributed by atoms with Gasteiger partial charge in [0.15, 0.2) is 0 Å². The molecule has 0 bridgehead atoms. The van der Waals surface area contributed by atoms with Crippen LogP contribution in [0.4, 0.5) is 5.69 Å². The van der Waals surface area contributed by atoms with E-state index in [0.29, 0.717) is 11.3 Å². The normalized spacial score (nSPS) is 10.9. The van der Waals surface area contributed by atoms with Gasteiger partial charge >= 0.3 is 0 Å². The maximum absolute atomic E-state index is 11.8. The number of carbonyl (C=O) groups is 2. The zero-order valence-corrected chi connectivity index (χ0v) is 9.99. The molecule has 0 heterocycles. The van der Waals surface area contributed by atoms with Gasteiger partial charge in [0.2, 0.25) is 5.91 Å². The van der Waals surface area contributed by atoms with E-state index >= 15 is 0 Å². The number of nitrogens with one attached hydrogen (secondary N) is 1. The van der Waals surface area contributed by atoms with E-state index in [4.69, 9.17) is 11.5 Å². The summed E-state index contributed by atoms with van der Waals surface area (Å²) in [5, 5.41) is 2.64. The highest BCUT2D eigenvalue weighted by atomic mass is 16.2. The lowest BCUT2D eigenvalue weighted by Crippen LogP contribution is -2.42. The van der Waals surface area contributed by atoms with Crippen LogP contribution >= 0.6 is 0 Å². The first-order chi connectivity index (χ1) is 7.84. The highest BCUT2D eigenvalue weighted by molar-refractivity contribution is 5.99. The van der Waals surface area contributed by atoms with Gasteiger partial charge in [0, 0.05) is 12.2 Å². The molecule has 0 saturated carbocycles. The second kappa shape index (κ2) is 4.86. The lowest BCUT2D eigenvalue weighted by molar-refractivity contribution is -0.125. The van der Waals surface area contributed by atoms with Crippen LogP contribution in [0.1, 0.15) is 24.2 Å². The molecule has 5 N–H and O–H groups in total. The van der Waals surface area contributed by atoms with Crippen LogP contribution in [-0.2, 0) is 4.79 Å². The third-order valence-electron chi connectivity index (χ3n) is 2.56. The topological polar surface area (TPSA) is 98.2 Å². The van der Waals surface area contributed by atoms with Crippen LogP contribution < -0.4 is 16.8 Å². The molecule has 1 rings (SSSR count). The smallest absolute Gasteiger partial charge is 0.253 e. The summed E-state index contributed by atoms with van der Waals surface area (Å²) >= 11 is 0. The van der Waals surface area contributed by atoms with E-state index in [1.165, 1.54) is 0 Å². The molecule has 0 aliphatic heterocycles. The van der Waals surface area contributed by atoms with Gasteiger partial charge in [-0.25, -0.2) is 0 Å². The Balaban J connectivity index is 2.69. The summed E-state index contributed by atoms with van der Waals surface area (Å²) < 4.78 is 0. The molecule has 1 aromatic rings. The second-order valence-electron chi connectivity index (χ2n) is 4.52. The van der Waals surface area contributed by atoms with Crippen molar-refractivity contribution in [3.8, 4) is 0 Å². The van der Waals surface area contributed by atoms with Gasteiger partial charge in [0.25, 0.3) is 5.91 Å². The number of para-hydroxylation sites is 1. The van der Waals surface area contributed by atoms with Crippen LogP contribution in [0.25, 0.3) is 0 Å². The van der Waals surface area contributed by atoms with Gasteiger partial charge in [-0.1, -0.05) is 12.1 Å². The van der Waals surface area contributed by atoms with Gasteiger partial charge in [0.05, 0.1) is 11.0 Å². The van der Waals surface area contributed by atoms with Crippen molar-refractivity contribution < 1.29 is 9.59 Å². The number of carbonyl (C=O) groups excluding carboxylic acids is 2. The number of nitrogens with two attached hydrogens (primary N) is 2. The Kier molecular flexibility index (Phi) is 3.73. The van der Waals surface area contributed by atoms with Crippen LogP contribution in [0, 0.1) is 5.41 Å². The third kappa shape index (κ3) is 3.21. The molecule has 0 spiro atoms. The molecule has 17 heavy (non-hydrogen) atoms. The van der Waals surface area contributed by atoms with E-state index in [1.807, 2.05) is 0 Å². The van der Waals surface area contributed by atoms with E-state index in [9.17, 15) is 9.59 Å². The fourth-order valence-corrected chi connectivity index (χ4v) is 1.19. The Morgan fingerprint density at radius 1 is 1.29 bits per heavy atom. The molecule has 0 aromatic heterocycles. The number of hydrogen-bond donors (Lipinski definition) is 3. The standard InChI is InChI=1S/C12H17N3O2/c1-12(2,11(14)17)7-15-10(16)8-5-3-4-6-9(8)13/h3-6H,7,13H2,1-2H3,(H2,14,17)(H,15,16). The molecular weight excluding hydrogens is 218 g/mol. The van der Waals surface area contributed by atoms with Crippen molar-refractivity contribution in [2.24, 2.45) is 11.1 Å². The predicted octanol–water partition coefficient (Wildman–Crippen LogP) is 0.510. The zero-order chi connectivity index (χ0) is 13.1. The van der Waals surface area contributed by atoms with Gasteiger partial charge in [-0.2, -0.15) is 0 Å². The van der Waals surface area contributed by atoms with E-state index in [2.05, 4.69) is 5.32 Å². The molecule has 92 valence electrons. The lowest BCUT2D eigenvalue weighted by atomic mass is 9.92. The first-order valence-corrected chi connectivity index (χ1v) is 5.27. The lowest BCUT2D eigenvalue weighted by Gasteiger charge is -2.20. The van der Waals surface area contributed by atoms with E-state index < -0.39 is 11.3 Å². The average molecular weight is 235 g/mol. The molecule has 0 radical (unpaired) electrons. The molecule has 2 amide bonds. The monoisotopic (exact) mass is 235 g/mol. The second-order valence-corrected chi connectivity index (χ2v) is 4.52. The Hall–Kier alpha value is -2.04. The van der Waals surface area contributed by atoms with Gasteiger partial charge in [0.1, 0.15) is 0 Å². The molecule has 1 aromatic carbocycles. The number of amides is 2. The molecular formula is C12H17N3O2. The summed E-state index contributed by atoms with van der Waals surface area (Å²) in [6, 6.07) is 6.75. The summed E-state index contributed by atoms with van der Waals surface area (Å²) in [4.78, 5) is 22.9. The summed E-state index contributed by atoms with van der Waals surface area (Å²) in [6.07, 6.45) is 0. The minimum absolute atomic E-state index is 0.176. The minimum Gasteiger partial charge on any atom is -0.398 e. The molecule has 0 fully saturated rings. The fourth-order valence-electron chi connectivity index (χ4n) is 1.19. The van der Waals surface area contributed by atoms with E-state index in [0.717, 1.165) is 0 Å². The van der Waals surface area contributed by atoms with Crippen molar-refractivity contribution in [2.45, 2.75) is 13.8 Å². The number of benzene rings is 1. The first-order valence-electron chi connectivity index (χ1n) is 5.27. The SMILES string of the molecule is CC(C)(CNC(=O)c1ccccc1N)C(N)=O. The largest absolute Gasteiger partial charge is 0.398 e. The van der Waals surface area contributed by atoms with Gasteiger partial charge in [-0.15, -0.1) is 0 Å². The van der Waals surface area contributed by atoms with Crippen molar-refractivity contribution >= 4 is 17.5 Å². The van der Waals surface area contributed by atoms with Gasteiger partial charge < -0.3 is 16.8 Å². The maximum atomic E-state index is 11.8. The van der Waals surface area contributed by atoms with Gasteiger partial charge in [-0.05, 0) is 26.0 Å². The highest BCUT2D eigenvalue weighted by Crippen LogP contribution is 2.14. The van der Waals surface area contributed by atoms with Crippen LogP contribution in [0.5, 0.6) is 0 Å². The Morgan fingerprint density at radius 3 is 2.41 bits per heavy atom. The van der Waals surface area contributed by atoms with E-state index in [-0.39, 0.29) is 12.5 Å². The fraction of sp³-hybridized carbons (Fsp3) is 0.333. The molecule has 0 unspecified atom stereocenters. The molecule has 0 saturated heterocycles. The number of nitrogen functional groups attached to an aromatic ring is 1. The quantitative estimate of drug-likeness (QED) is 0.663. The number of hydrogen-bond acceptors (Lipinski definition) is 3. The van der Waals surface area contributed by atoms with Crippen molar-refractivity contribution in [3.05, 3.63) is 29.8 Å². The van der Waals surface area contributed by atoms with Crippen molar-refractivity contribution in [3.63, 3.8) is 0 Å². The van der Waals surface area contributed by atoms with E-state index in [1.54, 1.807) is 38.1 Å². The molecule has 5 nitrogen and oxygen atoms in total. The van der Waals surface area contributed by atoms with Crippen LogP contribution in [-0.4, -0.2) is 18.4 Å². The summed E-state index contributed by atoms with van der Waals surface area (Å²) in [6.45, 7) is 3.52.